The van der Waals surface area contributed by atoms with Crippen molar-refractivity contribution in [2.75, 3.05) is 25.9 Å². The molecule has 166 valence electrons. The van der Waals surface area contributed by atoms with E-state index in [2.05, 4.69) is 27.0 Å². The molecule has 0 saturated carbocycles. The van der Waals surface area contributed by atoms with Crippen LogP contribution < -0.4 is 5.73 Å². The monoisotopic (exact) mass is 442 g/mol. The number of hydrogen-bond donors (Lipinski definition) is 1. The highest BCUT2D eigenvalue weighted by atomic mass is 19.4. The van der Waals surface area contributed by atoms with Crippen LogP contribution in [-0.4, -0.2) is 44.8 Å². The number of fused-ring (bicyclic) bond motifs is 1. The van der Waals surface area contributed by atoms with Gasteiger partial charge in [0.05, 0.1) is 23.4 Å². The fourth-order valence-corrected chi connectivity index (χ4v) is 3.97. The lowest BCUT2D eigenvalue weighted by atomic mass is 10.1. The molecule has 0 radical (unpaired) electrons. The Morgan fingerprint density at radius 3 is 2.62 bits per heavy atom. The van der Waals surface area contributed by atoms with Crippen molar-refractivity contribution in [3.63, 3.8) is 0 Å². The molecule has 1 fully saturated rings. The first-order valence-electron chi connectivity index (χ1n) is 10.2. The molecule has 0 aliphatic carbocycles. The second-order valence-electron chi connectivity index (χ2n) is 8.10. The summed E-state index contributed by atoms with van der Waals surface area (Å²) in [5.74, 6) is 0.299. The zero-order chi connectivity index (χ0) is 22.5. The summed E-state index contributed by atoms with van der Waals surface area (Å²) in [6, 6.07) is 5.30. The van der Waals surface area contributed by atoms with Gasteiger partial charge in [0.2, 0.25) is 5.89 Å². The third-order valence-corrected chi connectivity index (χ3v) is 5.86. The van der Waals surface area contributed by atoms with Crippen LogP contribution in [0.5, 0.6) is 0 Å². The van der Waals surface area contributed by atoms with Crippen molar-refractivity contribution < 1.29 is 17.6 Å². The van der Waals surface area contributed by atoms with Crippen LogP contribution >= 0.6 is 0 Å². The van der Waals surface area contributed by atoms with Gasteiger partial charge in [0.15, 0.2) is 5.58 Å². The number of nitrogen functional groups attached to an aromatic ring is 1. The number of benzene rings is 1. The lowest BCUT2D eigenvalue weighted by Crippen LogP contribution is -2.31. The van der Waals surface area contributed by atoms with E-state index in [1.807, 2.05) is 10.9 Å². The van der Waals surface area contributed by atoms with Crippen LogP contribution in [-0.2, 0) is 6.18 Å². The summed E-state index contributed by atoms with van der Waals surface area (Å²) in [5, 5.41) is 4.53. The number of halogens is 3. The molecular formula is C22H21F3N6O. The third-order valence-electron chi connectivity index (χ3n) is 5.86. The molecule has 10 heteroatoms. The van der Waals surface area contributed by atoms with Gasteiger partial charge in [-0.2, -0.15) is 18.3 Å². The summed E-state index contributed by atoms with van der Waals surface area (Å²) < 4.78 is 46.7. The Bertz CT molecular complexity index is 1270. The predicted molar refractivity (Wildman–Crippen MR) is 114 cm³/mol. The molecule has 7 nitrogen and oxygen atoms in total. The minimum Gasteiger partial charge on any atom is -0.436 e. The van der Waals surface area contributed by atoms with Crippen molar-refractivity contribution in [2.45, 2.75) is 25.1 Å². The molecule has 3 aromatic heterocycles. The fourth-order valence-electron chi connectivity index (χ4n) is 3.97. The first kappa shape index (κ1) is 20.5. The molecule has 5 rings (SSSR count). The summed E-state index contributed by atoms with van der Waals surface area (Å²) in [5.41, 5.74) is 7.66. The Labute approximate surface area is 181 Å². The highest BCUT2D eigenvalue weighted by Gasteiger charge is 2.31. The zero-order valence-electron chi connectivity index (χ0n) is 17.3. The molecule has 0 bridgehead atoms. The summed E-state index contributed by atoms with van der Waals surface area (Å²) in [6.45, 7) is 2.06. The van der Waals surface area contributed by atoms with Gasteiger partial charge in [0.25, 0.3) is 0 Å². The zero-order valence-corrected chi connectivity index (χ0v) is 17.3. The number of likely N-dealkylation sites (tertiary alicyclic amines) is 1. The maximum Gasteiger partial charge on any atom is 0.416 e. The molecule has 0 spiro atoms. The Morgan fingerprint density at radius 2 is 1.88 bits per heavy atom. The maximum atomic E-state index is 13.0. The number of alkyl halides is 3. The van der Waals surface area contributed by atoms with Crippen LogP contribution in [0, 0.1) is 0 Å². The minimum atomic E-state index is -4.46. The molecule has 2 N–H and O–H groups in total. The van der Waals surface area contributed by atoms with Crippen LogP contribution in [0.3, 0.4) is 0 Å². The Balaban J connectivity index is 1.47. The lowest BCUT2D eigenvalue weighted by molar-refractivity contribution is -0.137. The first-order valence-corrected chi connectivity index (χ1v) is 10.2. The fraction of sp³-hybridized carbons (Fsp3) is 0.318. The average molecular weight is 442 g/mol. The molecular weight excluding hydrogens is 421 g/mol. The third kappa shape index (κ3) is 3.81. The van der Waals surface area contributed by atoms with E-state index in [1.54, 1.807) is 18.5 Å². The molecule has 4 aromatic rings. The van der Waals surface area contributed by atoms with Crippen LogP contribution in [0.15, 0.2) is 47.3 Å². The number of aromatic nitrogens is 4. The largest absolute Gasteiger partial charge is 0.436 e. The summed E-state index contributed by atoms with van der Waals surface area (Å²) in [7, 11) is 2.11. The molecule has 4 heterocycles. The van der Waals surface area contributed by atoms with Gasteiger partial charge < -0.3 is 15.1 Å². The van der Waals surface area contributed by atoms with Gasteiger partial charge in [-0.25, -0.2) is 9.97 Å². The molecule has 1 aliphatic heterocycles. The van der Waals surface area contributed by atoms with Crippen molar-refractivity contribution in [1.82, 2.24) is 24.6 Å². The first-order chi connectivity index (χ1) is 15.3. The molecule has 32 heavy (non-hydrogen) atoms. The van der Waals surface area contributed by atoms with E-state index < -0.39 is 11.7 Å². The summed E-state index contributed by atoms with van der Waals surface area (Å²) in [4.78, 5) is 10.8. The van der Waals surface area contributed by atoms with Crippen LogP contribution in [0.1, 0.15) is 24.4 Å². The van der Waals surface area contributed by atoms with Crippen LogP contribution in [0.4, 0.5) is 19.0 Å². The topological polar surface area (TPSA) is 86.0 Å². The Hall–Kier alpha value is -3.40. The maximum absolute atomic E-state index is 13.0. The van der Waals surface area contributed by atoms with Gasteiger partial charge in [-0.15, -0.1) is 0 Å². The second-order valence-corrected chi connectivity index (χ2v) is 8.10. The highest BCUT2D eigenvalue weighted by molar-refractivity contribution is 5.81. The van der Waals surface area contributed by atoms with Crippen molar-refractivity contribution in [1.29, 1.82) is 0 Å². The van der Waals surface area contributed by atoms with E-state index in [0.29, 0.717) is 11.6 Å². The Morgan fingerprint density at radius 1 is 1.09 bits per heavy atom. The van der Waals surface area contributed by atoms with E-state index in [-0.39, 0.29) is 22.8 Å². The van der Waals surface area contributed by atoms with Crippen molar-refractivity contribution in [3.05, 3.63) is 48.4 Å². The number of hydrogen-bond acceptors (Lipinski definition) is 6. The molecule has 0 atom stereocenters. The molecule has 0 amide bonds. The van der Waals surface area contributed by atoms with Gasteiger partial charge >= 0.3 is 6.18 Å². The summed E-state index contributed by atoms with van der Waals surface area (Å²) in [6.07, 6.45) is 3.00. The van der Waals surface area contributed by atoms with E-state index in [0.717, 1.165) is 49.2 Å². The standard InChI is InChI=1S/C22H21F3N6O/c1-30-6-4-16(5-7-30)31-12-14(11-28-31)13-8-17(20(26)27-10-13)21-29-18-9-15(22(23,24)25)2-3-19(18)32-21/h2-3,8-12,16H,4-7H2,1H3,(H2,26,27). The molecule has 0 unspecified atom stereocenters. The smallest absolute Gasteiger partial charge is 0.416 e. The van der Waals surface area contributed by atoms with Gasteiger partial charge in [0.1, 0.15) is 11.3 Å². The molecule has 1 aromatic carbocycles. The van der Waals surface area contributed by atoms with Crippen LogP contribution in [0.2, 0.25) is 0 Å². The molecule has 1 saturated heterocycles. The van der Waals surface area contributed by atoms with E-state index in [9.17, 15) is 13.2 Å². The summed E-state index contributed by atoms with van der Waals surface area (Å²) >= 11 is 0. The van der Waals surface area contributed by atoms with E-state index >= 15 is 0 Å². The lowest BCUT2D eigenvalue weighted by Gasteiger charge is -2.28. The second kappa shape index (κ2) is 7.63. The van der Waals surface area contributed by atoms with Crippen LogP contribution in [0.25, 0.3) is 33.7 Å². The number of anilines is 1. The van der Waals surface area contributed by atoms with Gasteiger partial charge in [0, 0.05) is 23.5 Å². The molecule has 1 aliphatic rings. The van der Waals surface area contributed by atoms with E-state index in [1.165, 1.54) is 6.07 Å². The number of piperidine rings is 1. The van der Waals surface area contributed by atoms with Gasteiger partial charge in [-0.1, -0.05) is 0 Å². The van der Waals surface area contributed by atoms with Gasteiger partial charge in [-0.3, -0.25) is 4.68 Å². The normalized spacial score (nSPS) is 16.1. The minimum absolute atomic E-state index is 0.106. The van der Waals surface area contributed by atoms with Gasteiger partial charge in [-0.05, 0) is 57.2 Å². The number of oxazole rings is 1. The van der Waals surface area contributed by atoms with Crippen molar-refractivity contribution in [2.24, 2.45) is 0 Å². The number of rotatable bonds is 3. The highest BCUT2D eigenvalue weighted by Crippen LogP contribution is 2.35. The Kier molecular flexibility index (Phi) is 4.89. The van der Waals surface area contributed by atoms with Crippen molar-refractivity contribution >= 4 is 16.9 Å². The number of nitrogens with zero attached hydrogens (tertiary/aromatic N) is 5. The van der Waals surface area contributed by atoms with Crippen molar-refractivity contribution in [3.8, 4) is 22.6 Å². The quantitative estimate of drug-likeness (QED) is 0.498. The average Bonchev–Trinajstić information content (AvgIpc) is 3.41. The SMILES string of the molecule is CN1CCC(n2cc(-c3cnc(N)c(-c4nc5cc(C(F)(F)F)ccc5o4)c3)cn2)CC1. The van der Waals surface area contributed by atoms with E-state index in [4.69, 9.17) is 10.2 Å². The number of nitrogens with two attached hydrogens (primary N) is 1. The number of pyridine rings is 1. The predicted octanol–water partition coefficient (Wildman–Crippen LogP) is 4.62.